The number of nitrogens with one attached hydrogen (secondary N) is 1. The smallest absolute Gasteiger partial charge is 0.128 e. The van der Waals surface area contributed by atoms with E-state index in [0.717, 1.165) is 12.4 Å². The molecule has 0 fully saturated rings. The van der Waals surface area contributed by atoms with Gasteiger partial charge in [-0.05, 0) is 31.5 Å². The minimum Gasteiger partial charge on any atom is -0.359 e. The van der Waals surface area contributed by atoms with Gasteiger partial charge in [0.1, 0.15) is 5.82 Å². The maximum Gasteiger partial charge on any atom is 0.128 e. The molecule has 0 radical (unpaired) electrons. The maximum atomic E-state index is 4.52. The van der Waals surface area contributed by atoms with Gasteiger partial charge in [0.05, 0.1) is 0 Å². The summed E-state index contributed by atoms with van der Waals surface area (Å²) in [6.45, 7) is 7.70. The highest BCUT2D eigenvalue weighted by molar-refractivity contribution is 5.38. The predicted octanol–water partition coefficient (Wildman–Crippen LogP) is 2.84. The summed E-state index contributed by atoms with van der Waals surface area (Å²) in [5.41, 5.74) is 1.23. The second kappa shape index (κ2) is 6.60. The lowest BCUT2D eigenvalue weighted by atomic mass is 10.1. The summed E-state index contributed by atoms with van der Waals surface area (Å²) in [5, 5.41) is 3.22. The number of aromatic nitrogens is 1. The van der Waals surface area contributed by atoms with Crippen LogP contribution in [0, 0.1) is 5.92 Å². The Bertz CT molecular complexity index is 321. The number of hydrogen-bond donors (Lipinski definition) is 1. The molecule has 0 saturated heterocycles. The molecule has 0 aliphatic rings. The Morgan fingerprint density at radius 1 is 1.35 bits per heavy atom. The molecule has 0 amide bonds. The molecule has 1 aromatic rings. The third kappa shape index (κ3) is 4.00. The van der Waals surface area contributed by atoms with Crippen LogP contribution < -0.4 is 10.2 Å². The molecule has 3 nitrogen and oxygen atoms in total. The van der Waals surface area contributed by atoms with Crippen molar-refractivity contribution in [1.29, 1.82) is 0 Å². The summed E-state index contributed by atoms with van der Waals surface area (Å²) in [7, 11) is 4.07. The zero-order chi connectivity index (χ0) is 12.8. The van der Waals surface area contributed by atoms with Crippen LogP contribution in [0.4, 0.5) is 5.82 Å². The van der Waals surface area contributed by atoms with E-state index in [1.165, 1.54) is 12.0 Å². The summed E-state index contributed by atoms with van der Waals surface area (Å²) >= 11 is 0. The molecule has 1 heterocycles. The molecule has 0 aliphatic carbocycles. The van der Waals surface area contributed by atoms with Crippen LogP contribution >= 0.6 is 0 Å². The van der Waals surface area contributed by atoms with E-state index in [9.17, 15) is 0 Å². The first-order chi connectivity index (χ1) is 8.08. The van der Waals surface area contributed by atoms with Gasteiger partial charge in [0.2, 0.25) is 0 Å². The zero-order valence-corrected chi connectivity index (χ0v) is 11.7. The highest BCUT2D eigenvalue weighted by Gasteiger charge is 2.08. The van der Waals surface area contributed by atoms with Gasteiger partial charge in [-0.25, -0.2) is 4.98 Å². The summed E-state index contributed by atoms with van der Waals surface area (Å²) in [6, 6.07) is 4.61. The fourth-order valence-electron chi connectivity index (χ4n) is 1.74. The van der Waals surface area contributed by atoms with E-state index in [1.807, 2.05) is 13.2 Å². The Morgan fingerprint density at radius 3 is 2.53 bits per heavy atom. The molecule has 1 aromatic heterocycles. The Labute approximate surface area is 105 Å². The molecule has 1 rings (SSSR count). The van der Waals surface area contributed by atoms with E-state index in [-0.39, 0.29) is 0 Å². The highest BCUT2D eigenvalue weighted by atomic mass is 15.2. The van der Waals surface area contributed by atoms with Crippen LogP contribution in [0.3, 0.4) is 0 Å². The van der Waals surface area contributed by atoms with Gasteiger partial charge in [-0.3, -0.25) is 0 Å². The molecule has 3 heteroatoms. The Morgan fingerprint density at radius 2 is 2.06 bits per heavy atom. The number of anilines is 1. The molecule has 0 spiro atoms. The van der Waals surface area contributed by atoms with Crippen LogP contribution in [-0.4, -0.2) is 25.6 Å². The van der Waals surface area contributed by atoms with E-state index in [4.69, 9.17) is 0 Å². The SMILES string of the molecule is CCC(C)CN(C)c1ccc(C(C)NC)cn1. The summed E-state index contributed by atoms with van der Waals surface area (Å²) in [6.07, 6.45) is 3.17. The number of hydrogen-bond acceptors (Lipinski definition) is 3. The van der Waals surface area contributed by atoms with Crippen molar-refractivity contribution < 1.29 is 0 Å². The normalized spacial score (nSPS) is 14.4. The van der Waals surface area contributed by atoms with Crippen LogP contribution in [0.15, 0.2) is 18.3 Å². The lowest BCUT2D eigenvalue weighted by molar-refractivity contribution is 0.557. The van der Waals surface area contributed by atoms with Crippen LogP contribution in [0.25, 0.3) is 0 Å². The van der Waals surface area contributed by atoms with Crippen molar-refractivity contribution >= 4 is 5.82 Å². The second-order valence-electron chi connectivity index (χ2n) is 4.85. The standard InChI is InChI=1S/C14H25N3/c1-6-11(2)10-17(5)14-8-7-13(9-16-14)12(3)15-4/h7-9,11-12,15H,6,10H2,1-5H3. The van der Waals surface area contributed by atoms with Crippen LogP contribution in [0.5, 0.6) is 0 Å². The van der Waals surface area contributed by atoms with Crippen molar-refractivity contribution in [3.05, 3.63) is 23.9 Å². The number of rotatable bonds is 6. The van der Waals surface area contributed by atoms with Crippen LogP contribution in [0.2, 0.25) is 0 Å². The van der Waals surface area contributed by atoms with E-state index in [2.05, 4.69) is 55.2 Å². The van der Waals surface area contributed by atoms with E-state index >= 15 is 0 Å². The fourth-order valence-corrected chi connectivity index (χ4v) is 1.74. The minimum absolute atomic E-state index is 0.358. The van der Waals surface area contributed by atoms with Crippen molar-refractivity contribution in [2.45, 2.75) is 33.2 Å². The molecule has 2 atom stereocenters. The first-order valence-corrected chi connectivity index (χ1v) is 6.42. The maximum absolute atomic E-state index is 4.52. The first-order valence-electron chi connectivity index (χ1n) is 6.42. The number of pyridine rings is 1. The molecule has 2 unspecified atom stereocenters. The van der Waals surface area contributed by atoms with Gasteiger partial charge in [-0.15, -0.1) is 0 Å². The third-order valence-electron chi connectivity index (χ3n) is 3.38. The van der Waals surface area contributed by atoms with Crippen molar-refractivity contribution in [3.63, 3.8) is 0 Å². The van der Waals surface area contributed by atoms with Gasteiger partial charge in [-0.1, -0.05) is 26.3 Å². The van der Waals surface area contributed by atoms with Gasteiger partial charge in [0.25, 0.3) is 0 Å². The predicted molar refractivity (Wildman–Crippen MR) is 74.4 cm³/mol. The second-order valence-corrected chi connectivity index (χ2v) is 4.85. The number of nitrogens with zero attached hydrogens (tertiary/aromatic N) is 2. The monoisotopic (exact) mass is 235 g/mol. The van der Waals surface area contributed by atoms with Crippen LogP contribution in [0.1, 0.15) is 38.8 Å². The molecule has 17 heavy (non-hydrogen) atoms. The lowest BCUT2D eigenvalue weighted by Gasteiger charge is -2.22. The topological polar surface area (TPSA) is 28.2 Å². The minimum atomic E-state index is 0.358. The molecular weight excluding hydrogens is 210 g/mol. The summed E-state index contributed by atoms with van der Waals surface area (Å²) < 4.78 is 0. The van der Waals surface area contributed by atoms with E-state index < -0.39 is 0 Å². The molecule has 96 valence electrons. The first kappa shape index (κ1) is 14.0. The van der Waals surface area contributed by atoms with Gasteiger partial charge < -0.3 is 10.2 Å². The average Bonchev–Trinajstić information content (AvgIpc) is 2.37. The van der Waals surface area contributed by atoms with Gasteiger partial charge >= 0.3 is 0 Å². The molecular formula is C14H25N3. The molecule has 0 saturated carbocycles. The van der Waals surface area contributed by atoms with Gasteiger partial charge in [-0.2, -0.15) is 0 Å². The Hall–Kier alpha value is -1.09. The summed E-state index contributed by atoms with van der Waals surface area (Å²) in [4.78, 5) is 6.75. The van der Waals surface area contributed by atoms with Gasteiger partial charge in [0, 0.05) is 25.8 Å². The Balaban J connectivity index is 2.66. The van der Waals surface area contributed by atoms with Crippen molar-refractivity contribution in [1.82, 2.24) is 10.3 Å². The molecule has 0 aromatic carbocycles. The quantitative estimate of drug-likeness (QED) is 0.822. The fraction of sp³-hybridized carbons (Fsp3) is 0.643. The van der Waals surface area contributed by atoms with E-state index in [1.54, 1.807) is 0 Å². The summed E-state index contributed by atoms with van der Waals surface area (Å²) in [5.74, 6) is 1.76. The van der Waals surface area contributed by atoms with E-state index in [0.29, 0.717) is 12.0 Å². The Kier molecular flexibility index (Phi) is 5.42. The van der Waals surface area contributed by atoms with Crippen molar-refractivity contribution in [2.75, 3.05) is 25.5 Å². The molecule has 0 aliphatic heterocycles. The average molecular weight is 235 g/mol. The molecule has 0 bridgehead atoms. The van der Waals surface area contributed by atoms with Crippen molar-refractivity contribution in [3.8, 4) is 0 Å². The molecule has 1 N–H and O–H groups in total. The van der Waals surface area contributed by atoms with Crippen molar-refractivity contribution in [2.24, 2.45) is 5.92 Å². The zero-order valence-electron chi connectivity index (χ0n) is 11.7. The van der Waals surface area contributed by atoms with Crippen LogP contribution in [-0.2, 0) is 0 Å². The van der Waals surface area contributed by atoms with Gasteiger partial charge in [0.15, 0.2) is 0 Å². The highest BCUT2D eigenvalue weighted by Crippen LogP contribution is 2.16. The lowest BCUT2D eigenvalue weighted by Crippen LogP contribution is -2.24. The largest absolute Gasteiger partial charge is 0.359 e. The third-order valence-corrected chi connectivity index (χ3v) is 3.38.